The summed E-state index contributed by atoms with van der Waals surface area (Å²) in [4.78, 5) is 21.9. The Morgan fingerprint density at radius 2 is 1.93 bits per heavy atom. The Labute approximate surface area is 261 Å². The molecule has 0 saturated carbocycles. The number of aliphatic hydroxyl groups excluding tert-OH is 1. The highest BCUT2D eigenvalue weighted by Gasteiger charge is 2.56. The Morgan fingerprint density at radius 3 is 2.66 bits per heavy atom. The largest absolute Gasteiger partial charge is 0.504 e. The van der Waals surface area contributed by atoms with Gasteiger partial charge in [-0.05, 0) is 80.1 Å². The van der Waals surface area contributed by atoms with Gasteiger partial charge in [-0.25, -0.2) is 4.98 Å². The monoisotopic (exact) mass is 620 g/mol. The molecule has 1 aromatic heterocycles. The smallest absolute Gasteiger partial charge is 0.254 e. The van der Waals surface area contributed by atoms with Crippen LogP contribution in [0.4, 0.5) is 0 Å². The molecule has 3 aromatic rings. The highest BCUT2D eigenvalue weighted by Crippen LogP contribution is 2.57. The third kappa shape index (κ3) is 4.11. The summed E-state index contributed by atoms with van der Waals surface area (Å²) in [7, 11) is 1.58. The van der Waals surface area contributed by atoms with Gasteiger partial charge >= 0.3 is 0 Å². The minimum atomic E-state index is -0.856. The molecular formula is C33H37ClN4O6. The van der Waals surface area contributed by atoms with Crippen LogP contribution in [0, 0.1) is 20.8 Å². The number of halogens is 1. The minimum absolute atomic E-state index is 0.109. The summed E-state index contributed by atoms with van der Waals surface area (Å²) in [6, 6.07) is 4.26. The zero-order valence-corrected chi connectivity index (χ0v) is 26.2. The molecule has 5 heterocycles. The van der Waals surface area contributed by atoms with Crippen molar-refractivity contribution in [2.75, 3.05) is 27.0 Å². The van der Waals surface area contributed by atoms with Gasteiger partial charge in [-0.1, -0.05) is 24.6 Å². The van der Waals surface area contributed by atoms with Gasteiger partial charge in [0.15, 0.2) is 23.0 Å². The number of ether oxygens (including phenoxy) is 3. The highest BCUT2D eigenvalue weighted by molar-refractivity contribution is 6.32. The number of aryl methyl sites for hydroxylation is 1. The number of phenols is 1. The van der Waals surface area contributed by atoms with E-state index in [9.17, 15) is 15.0 Å². The van der Waals surface area contributed by atoms with Crippen molar-refractivity contribution in [1.82, 2.24) is 20.1 Å². The first-order valence-electron chi connectivity index (χ1n) is 15.1. The van der Waals surface area contributed by atoms with E-state index < -0.39 is 12.3 Å². The predicted molar refractivity (Wildman–Crippen MR) is 164 cm³/mol. The lowest BCUT2D eigenvalue weighted by molar-refractivity contribution is -0.177. The molecule has 0 spiro atoms. The summed E-state index contributed by atoms with van der Waals surface area (Å²) >= 11 is 6.27. The van der Waals surface area contributed by atoms with Crippen molar-refractivity contribution in [3.05, 3.63) is 74.1 Å². The first-order chi connectivity index (χ1) is 21.2. The second-order valence-electron chi connectivity index (χ2n) is 12.1. The Kier molecular flexibility index (Phi) is 7.16. The molecule has 0 radical (unpaired) electrons. The molecule has 1 saturated heterocycles. The van der Waals surface area contributed by atoms with Crippen molar-refractivity contribution >= 4 is 17.5 Å². The van der Waals surface area contributed by atoms with Gasteiger partial charge in [-0.2, -0.15) is 0 Å². The topological polar surface area (TPSA) is 117 Å². The molecular weight excluding hydrogens is 584 g/mol. The summed E-state index contributed by atoms with van der Waals surface area (Å²) in [6.45, 7) is 9.14. The number of aliphatic hydroxyl groups is 1. The maximum Gasteiger partial charge on any atom is 0.254 e. The van der Waals surface area contributed by atoms with E-state index in [2.05, 4.69) is 40.0 Å². The van der Waals surface area contributed by atoms with E-state index in [1.807, 2.05) is 13.8 Å². The summed E-state index contributed by atoms with van der Waals surface area (Å²) in [5.74, 6) is 1.64. The summed E-state index contributed by atoms with van der Waals surface area (Å²) in [6.07, 6.45) is 1.85. The van der Waals surface area contributed by atoms with Gasteiger partial charge in [0.25, 0.3) is 5.91 Å². The third-order valence-corrected chi connectivity index (χ3v) is 10.4. The molecule has 1 fully saturated rings. The second-order valence-corrected chi connectivity index (χ2v) is 12.5. The summed E-state index contributed by atoms with van der Waals surface area (Å²) in [5.41, 5.74) is 7.15. The van der Waals surface area contributed by atoms with Crippen LogP contribution in [0.5, 0.6) is 23.0 Å². The highest BCUT2D eigenvalue weighted by atomic mass is 35.5. The van der Waals surface area contributed by atoms with Gasteiger partial charge in [-0.15, -0.1) is 0 Å². The molecule has 1 amide bonds. The fraction of sp³-hybridized carbons (Fsp3) is 0.455. The number of piperazine rings is 1. The number of nitrogens with one attached hydrogen (secondary N) is 1. The number of nitrogens with zero attached hydrogens (tertiary/aromatic N) is 3. The number of phenolic OH excluding ortho intramolecular Hbond substituents is 1. The number of aromatic nitrogens is 1. The molecule has 2 bridgehead atoms. The van der Waals surface area contributed by atoms with Crippen LogP contribution in [-0.4, -0.2) is 76.2 Å². The van der Waals surface area contributed by atoms with E-state index in [0.717, 1.165) is 38.9 Å². The van der Waals surface area contributed by atoms with Gasteiger partial charge in [0.05, 0.1) is 30.8 Å². The Balaban J connectivity index is 1.40. The number of hydrogen-bond donors (Lipinski definition) is 3. The molecule has 3 N–H and O–H groups in total. The van der Waals surface area contributed by atoms with Crippen molar-refractivity contribution in [3.8, 4) is 23.0 Å². The number of amides is 1. The SMILES string of the molecule is CCN1[C@@H]2c3c(cc(C)c(OC)c3O)C[C@H]1[C@H](O)N1C2Cc2c(C)c(C)c3c(c2[C@@H]1CNC(=O)c1cccnc1Cl)OCO3. The molecule has 44 heavy (non-hydrogen) atoms. The van der Waals surface area contributed by atoms with E-state index in [1.165, 1.54) is 0 Å². The molecule has 7 rings (SSSR count). The van der Waals surface area contributed by atoms with Crippen LogP contribution >= 0.6 is 11.6 Å². The van der Waals surface area contributed by atoms with E-state index >= 15 is 0 Å². The zero-order valence-electron chi connectivity index (χ0n) is 25.5. The fourth-order valence-corrected chi connectivity index (χ4v) is 8.37. The molecule has 232 valence electrons. The number of benzene rings is 2. The van der Waals surface area contributed by atoms with Crippen molar-refractivity contribution < 1.29 is 29.2 Å². The molecule has 2 aromatic carbocycles. The first kappa shape index (κ1) is 29.2. The average molecular weight is 621 g/mol. The number of carbonyl (C=O) groups is 1. The normalized spacial score (nSPS) is 25.2. The standard InChI is InChI=1S/C33H37ClN4O6/c1-6-37-22-11-18-10-15(2)28(42-5)27(39)24(18)26(37)21-12-20-16(3)17(4)29-30(44-14-43-29)25(20)23(38(21)33(22)41)13-36-32(40)19-8-7-9-35-31(19)34/h7-10,21-23,26,33,39,41H,6,11-14H2,1-5H3,(H,36,40)/t21?,22-,23-,26-,33-/m0/s1. The number of aromatic hydroxyl groups is 1. The van der Waals surface area contributed by atoms with Gasteiger partial charge in [-0.3, -0.25) is 14.6 Å². The number of hydrogen-bond acceptors (Lipinski definition) is 9. The Hall–Kier alpha value is -3.57. The Bertz CT molecular complexity index is 1680. The van der Waals surface area contributed by atoms with Crippen molar-refractivity contribution in [1.29, 1.82) is 0 Å². The summed E-state index contributed by atoms with van der Waals surface area (Å²) in [5, 5.41) is 27.1. The first-order valence-corrected chi connectivity index (χ1v) is 15.5. The quantitative estimate of drug-likeness (QED) is 0.362. The maximum absolute atomic E-state index is 13.4. The molecule has 10 nitrogen and oxygen atoms in total. The number of carbonyl (C=O) groups excluding carboxylic acids is 1. The van der Waals surface area contributed by atoms with Crippen LogP contribution in [0.2, 0.25) is 5.15 Å². The molecule has 0 aliphatic carbocycles. The third-order valence-electron chi connectivity index (χ3n) is 10.1. The summed E-state index contributed by atoms with van der Waals surface area (Å²) < 4.78 is 17.7. The van der Waals surface area contributed by atoms with E-state index in [4.69, 9.17) is 25.8 Å². The maximum atomic E-state index is 13.4. The number of fused-ring (bicyclic) bond motifs is 9. The van der Waals surface area contributed by atoms with Gasteiger partial charge < -0.3 is 29.7 Å². The molecule has 11 heteroatoms. The Morgan fingerprint density at radius 1 is 1.16 bits per heavy atom. The number of pyridine rings is 1. The lowest BCUT2D eigenvalue weighted by atomic mass is 9.72. The van der Waals surface area contributed by atoms with Crippen molar-refractivity contribution in [2.45, 2.75) is 70.9 Å². The van der Waals surface area contributed by atoms with Crippen LogP contribution in [0.3, 0.4) is 0 Å². The number of rotatable bonds is 5. The van der Waals surface area contributed by atoms with Crippen LogP contribution in [-0.2, 0) is 12.8 Å². The van der Waals surface area contributed by atoms with E-state index in [-0.39, 0.29) is 53.8 Å². The molecule has 4 aliphatic heterocycles. The average Bonchev–Trinajstić information content (AvgIpc) is 3.50. The lowest BCUT2D eigenvalue weighted by Crippen LogP contribution is -2.70. The molecule has 1 unspecified atom stereocenters. The second kappa shape index (κ2) is 10.8. The fourth-order valence-electron chi connectivity index (χ4n) is 8.16. The van der Waals surface area contributed by atoms with E-state index in [0.29, 0.717) is 36.6 Å². The van der Waals surface area contributed by atoms with Crippen molar-refractivity contribution in [3.63, 3.8) is 0 Å². The van der Waals surface area contributed by atoms with Crippen LogP contribution < -0.4 is 19.5 Å². The van der Waals surface area contributed by atoms with E-state index in [1.54, 1.807) is 25.4 Å². The molecule has 5 atom stereocenters. The van der Waals surface area contributed by atoms with Gasteiger partial charge in [0.2, 0.25) is 6.79 Å². The lowest BCUT2D eigenvalue weighted by Gasteiger charge is -2.61. The minimum Gasteiger partial charge on any atom is -0.504 e. The number of likely N-dealkylation sites (N-methyl/N-ethyl adjacent to an activating group) is 1. The van der Waals surface area contributed by atoms with Crippen LogP contribution in [0.1, 0.15) is 68.3 Å². The molecule has 4 aliphatic rings. The van der Waals surface area contributed by atoms with Gasteiger partial charge in [0.1, 0.15) is 11.4 Å². The van der Waals surface area contributed by atoms with Crippen LogP contribution in [0.25, 0.3) is 0 Å². The predicted octanol–water partition coefficient (Wildman–Crippen LogP) is 4.12. The van der Waals surface area contributed by atoms with Gasteiger partial charge in [0, 0.05) is 29.9 Å². The van der Waals surface area contributed by atoms with Crippen molar-refractivity contribution in [2.24, 2.45) is 0 Å². The zero-order chi connectivity index (χ0) is 31.0. The number of methoxy groups -OCH3 is 1. The van der Waals surface area contributed by atoms with Crippen LogP contribution in [0.15, 0.2) is 24.4 Å².